The summed E-state index contributed by atoms with van der Waals surface area (Å²) in [7, 11) is 0. The van der Waals surface area contributed by atoms with Crippen molar-refractivity contribution in [2.45, 2.75) is 117 Å². The molecule has 2 nitrogen and oxygen atoms in total. The molecule has 4 aliphatic carbocycles. The van der Waals surface area contributed by atoms with E-state index >= 15 is 0 Å². The zero-order chi connectivity index (χ0) is 26.3. The molecule has 0 aromatic heterocycles. The Hall–Kier alpha value is -0.630. The Morgan fingerprint density at radius 2 is 1.97 bits per heavy atom. The van der Waals surface area contributed by atoms with Gasteiger partial charge in [-0.3, -0.25) is 4.99 Å². The van der Waals surface area contributed by atoms with Crippen molar-refractivity contribution in [2.75, 3.05) is 4.43 Å². The number of nitriles is 1. The van der Waals surface area contributed by atoms with E-state index in [1.807, 2.05) is 0 Å². The zero-order valence-electron chi connectivity index (χ0n) is 24.0. The molecule has 0 spiro atoms. The molecular formula is C34H51IN2. The van der Waals surface area contributed by atoms with E-state index in [9.17, 15) is 5.26 Å². The molecular weight excluding hydrogens is 563 g/mol. The normalized spacial score (nSPS) is 45.7. The van der Waals surface area contributed by atoms with Crippen LogP contribution in [0.3, 0.4) is 0 Å². The van der Waals surface area contributed by atoms with Crippen molar-refractivity contribution in [3.05, 3.63) is 23.8 Å². The molecule has 10 atom stereocenters. The second kappa shape index (κ2) is 11.1. The molecule has 0 aromatic rings. The fraction of sp³-hybridized carbons (Fsp3) is 0.824. The molecule has 1 unspecified atom stereocenters. The molecule has 0 N–H and O–H groups in total. The maximum Gasteiger partial charge on any atom is 0.100 e. The van der Waals surface area contributed by atoms with Crippen molar-refractivity contribution in [3.63, 3.8) is 0 Å². The number of hydrogen-bond acceptors (Lipinski definition) is 2. The highest BCUT2D eigenvalue weighted by molar-refractivity contribution is 14.1. The Morgan fingerprint density at radius 1 is 1.14 bits per heavy atom. The molecule has 0 bridgehead atoms. The number of fused-ring (bicyclic) bond motifs is 5. The maximum atomic E-state index is 9.24. The molecule has 0 radical (unpaired) electrons. The molecule has 0 amide bonds. The lowest BCUT2D eigenvalue weighted by molar-refractivity contribution is -0.139. The number of alkyl halides is 1. The number of halogens is 1. The van der Waals surface area contributed by atoms with E-state index in [1.165, 1.54) is 77.0 Å². The summed E-state index contributed by atoms with van der Waals surface area (Å²) < 4.78 is 1.15. The average molecular weight is 615 g/mol. The van der Waals surface area contributed by atoms with Gasteiger partial charge in [0.25, 0.3) is 0 Å². The van der Waals surface area contributed by atoms with Crippen LogP contribution in [-0.2, 0) is 0 Å². The maximum absolute atomic E-state index is 9.24. The fourth-order valence-corrected chi connectivity index (χ4v) is 11.6. The van der Waals surface area contributed by atoms with Gasteiger partial charge in [0, 0.05) is 10.6 Å². The van der Waals surface area contributed by atoms with Gasteiger partial charge in [0.15, 0.2) is 0 Å². The van der Waals surface area contributed by atoms with Crippen molar-refractivity contribution < 1.29 is 0 Å². The van der Waals surface area contributed by atoms with Gasteiger partial charge in [-0.25, -0.2) is 0 Å². The molecule has 0 saturated heterocycles. The van der Waals surface area contributed by atoms with E-state index < -0.39 is 0 Å². The average Bonchev–Trinajstić information content (AvgIpc) is 3.51. The Morgan fingerprint density at radius 3 is 2.68 bits per heavy atom. The van der Waals surface area contributed by atoms with E-state index in [1.54, 1.807) is 6.21 Å². The molecule has 3 heteroatoms. The van der Waals surface area contributed by atoms with Gasteiger partial charge in [0.2, 0.25) is 0 Å². The van der Waals surface area contributed by atoms with Gasteiger partial charge in [-0.15, -0.1) is 0 Å². The van der Waals surface area contributed by atoms with Crippen LogP contribution in [0.4, 0.5) is 0 Å². The third-order valence-electron chi connectivity index (χ3n) is 12.8. The molecule has 4 saturated carbocycles. The van der Waals surface area contributed by atoms with Gasteiger partial charge in [0.1, 0.15) is 6.07 Å². The molecule has 5 rings (SSSR count). The van der Waals surface area contributed by atoms with Crippen LogP contribution in [0, 0.1) is 63.1 Å². The quantitative estimate of drug-likeness (QED) is 0.152. The molecule has 0 aromatic carbocycles. The highest BCUT2D eigenvalue weighted by Gasteiger charge is 2.62. The van der Waals surface area contributed by atoms with E-state index in [2.05, 4.69) is 79.6 Å². The summed E-state index contributed by atoms with van der Waals surface area (Å²) in [4.78, 5) is 4.66. The van der Waals surface area contributed by atoms with Crippen molar-refractivity contribution >= 4 is 28.8 Å². The van der Waals surface area contributed by atoms with E-state index in [4.69, 9.17) is 0 Å². The van der Waals surface area contributed by atoms with E-state index in [-0.39, 0.29) is 6.04 Å². The Balaban J connectivity index is 1.32. The summed E-state index contributed by atoms with van der Waals surface area (Å²) >= 11 is 2.52. The van der Waals surface area contributed by atoms with Gasteiger partial charge in [-0.1, -0.05) is 68.9 Å². The molecule has 5 aliphatic rings. The Labute approximate surface area is 241 Å². The molecule has 1 heterocycles. The van der Waals surface area contributed by atoms with Crippen LogP contribution in [0.5, 0.6) is 0 Å². The minimum absolute atomic E-state index is 0.231. The van der Waals surface area contributed by atoms with Gasteiger partial charge < -0.3 is 0 Å². The van der Waals surface area contributed by atoms with Crippen LogP contribution >= 0.6 is 22.6 Å². The van der Waals surface area contributed by atoms with Crippen molar-refractivity contribution in [3.8, 4) is 6.07 Å². The lowest BCUT2D eigenvalue weighted by atomic mass is 9.41. The Bertz CT molecular complexity index is 959. The highest BCUT2D eigenvalue weighted by atomic mass is 127. The lowest BCUT2D eigenvalue weighted by Gasteiger charge is -2.64. The molecule has 37 heavy (non-hydrogen) atoms. The van der Waals surface area contributed by atoms with E-state index in [0.717, 1.165) is 46.0 Å². The molecule has 1 aliphatic heterocycles. The monoisotopic (exact) mass is 614 g/mol. The second-order valence-corrected chi connectivity index (χ2v) is 15.0. The minimum Gasteiger partial charge on any atom is -0.284 e. The van der Waals surface area contributed by atoms with Crippen LogP contribution in [0.2, 0.25) is 0 Å². The van der Waals surface area contributed by atoms with Crippen LogP contribution in [0.15, 0.2) is 28.8 Å². The number of nitrogens with zero attached hydrogens (tertiary/aromatic N) is 2. The van der Waals surface area contributed by atoms with Crippen molar-refractivity contribution in [1.29, 1.82) is 5.26 Å². The summed E-state index contributed by atoms with van der Waals surface area (Å²) in [6, 6.07) is 2.51. The first kappa shape index (κ1) is 27.9. The lowest BCUT2D eigenvalue weighted by Crippen LogP contribution is -2.55. The third kappa shape index (κ3) is 4.82. The number of aliphatic imine (C=N–C) groups is 1. The van der Waals surface area contributed by atoms with Gasteiger partial charge in [-0.05, 0) is 135 Å². The van der Waals surface area contributed by atoms with Crippen LogP contribution in [0.25, 0.3) is 0 Å². The molecule has 204 valence electrons. The summed E-state index contributed by atoms with van der Waals surface area (Å²) in [5, 5.41) is 9.24. The predicted molar refractivity (Wildman–Crippen MR) is 165 cm³/mol. The first-order chi connectivity index (χ1) is 17.8. The van der Waals surface area contributed by atoms with Gasteiger partial charge in [0.05, 0.1) is 11.6 Å². The number of hydrogen-bond donors (Lipinski definition) is 0. The summed E-state index contributed by atoms with van der Waals surface area (Å²) in [5.41, 5.74) is 2.36. The zero-order valence-corrected chi connectivity index (χ0v) is 26.2. The third-order valence-corrected chi connectivity index (χ3v) is 13.3. The fourth-order valence-electron chi connectivity index (χ4n) is 11.3. The van der Waals surface area contributed by atoms with Gasteiger partial charge in [-0.2, -0.15) is 5.26 Å². The van der Waals surface area contributed by atoms with Crippen LogP contribution in [-0.4, -0.2) is 16.7 Å². The highest BCUT2D eigenvalue weighted by Crippen LogP contribution is 2.70. The van der Waals surface area contributed by atoms with Crippen molar-refractivity contribution in [1.82, 2.24) is 0 Å². The minimum atomic E-state index is 0.231. The standard InChI is InChI=1S/C34H51IN2/c1-5-13-33(14-7-18-35)16-17-34(6-2)26(21-33)8-9-28-30-11-10-29(32(30,4)15-12-31(28)34)24(3)19-27-20-25(22-36)23-37-27/h7,14,20,23-24,26-31H,5-6,8-13,15-19,21H2,1-4H3/b14-7+/t24-,26+,27?,28-,29+,30-,31-,32+,33+,34-/m0/s1. The summed E-state index contributed by atoms with van der Waals surface area (Å²) in [6.07, 6.45) is 27.5. The van der Waals surface area contributed by atoms with Gasteiger partial charge >= 0.3 is 0 Å². The van der Waals surface area contributed by atoms with E-state index in [0.29, 0.717) is 22.2 Å². The topological polar surface area (TPSA) is 36.1 Å². The predicted octanol–water partition coefficient (Wildman–Crippen LogP) is 9.74. The number of rotatable bonds is 8. The first-order valence-electron chi connectivity index (χ1n) is 15.7. The Kier molecular flexibility index (Phi) is 8.37. The van der Waals surface area contributed by atoms with Crippen LogP contribution in [0.1, 0.15) is 111 Å². The van der Waals surface area contributed by atoms with Crippen molar-refractivity contribution in [2.24, 2.45) is 56.7 Å². The first-order valence-corrected chi connectivity index (χ1v) is 17.3. The summed E-state index contributed by atoms with van der Waals surface area (Å²) in [6.45, 7) is 10.2. The second-order valence-electron chi connectivity index (χ2n) is 14.1. The summed E-state index contributed by atoms with van der Waals surface area (Å²) in [5.74, 6) is 5.32. The smallest absolute Gasteiger partial charge is 0.100 e. The number of allylic oxidation sites excluding steroid dienone is 3. The van der Waals surface area contributed by atoms with Crippen LogP contribution < -0.4 is 0 Å². The largest absolute Gasteiger partial charge is 0.284 e. The molecule has 4 fully saturated rings. The SMILES string of the molecule is CCC[C@@]1(/C=C/CI)CC[C@@]2(CC)[C@H](CC[C@H]3[C@@H]4CC[C@H]([C@@H](C)CC5C=C(C#N)C=N5)[C@@]4(C)CC[C@@H]32)C1.